The number of rotatable bonds is 5. The van der Waals surface area contributed by atoms with Crippen molar-refractivity contribution >= 4 is 5.91 Å². The summed E-state index contributed by atoms with van der Waals surface area (Å²) in [6.45, 7) is 5.67. The molecule has 0 heterocycles. The minimum Gasteiger partial charge on any atom is -0.351 e. The summed E-state index contributed by atoms with van der Waals surface area (Å²) in [4.78, 5) is 11.3. The highest BCUT2D eigenvalue weighted by Gasteiger charge is 2.28. The van der Waals surface area contributed by atoms with E-state index in [-0.39, 0.29) is 11.4 Å². The lowest BCUT2D eigenvalue weighted by molar-refractivity contribution is -0.121. The van der Waals surface area contributed by atoms with Gasteiger partial charge in [0.25, 0.3) is 0 Å². The lowest BCUT2D eigenvalue weighted by Gasteiger charge is -2.33. The maximum Gasteiger partial charge on any atom is 0.217 e. The number of amides is 1. The molecule has 3 heteroatoms. The Bertz CT molecular complexity index is 456. The molecule has 1 rings (SSSR count). The first-order valence-electron chi connectivity index (χ1n) is 6.33. The van der Waals surface area contributed by atoms with Gasteiger partial charge in [0.05, 0.1) is 11.6 Å². The summed E-state index contributed by atoms with van der Waals surface area (Å²) in [5.74, 6) is -0.0202. The van der Waals surface area contributed by atoms with E-state index in [0.29, 0.717) is 12.0 Å². The summed E-state index contributed by atoms with van der Waals surface area (Å²) in [5, 5.41) is 12.1. The molecule has 0 aliphatic carbocycles. The maximum absolute atomic E-state index is 11.3. The molecule has 0 aliphatic heterocycles. The van der Waals surface area contributed by atoms with E-state index in [1.165, 1.54) is 6.92 Å². The third-order valence-electron chi connectivity index (χ3n) is 3.46. The Hall–Kier alpha value is -1.82. The van der Waals surface area contributed by atoms with Crippen LogP contribution in [0.5, 0.6) is 0 Å². The zero-order valence-corrected chi connectivity index (χ0v) is 11.3. The van der Waals surface area contributed by atoms with Gasteiger partial charge in [-0.25, -0.2) is 0 Å². The smallest absolute Gasteiger partial charge is 0.217 e. The standard InChI is InChI=1S/C15H20N2O/c1-4-15(5-2,17-12(3)18)10-13-8-6-7-9-14(13)11-16/h6-9H,4-5,10H2,1-3H3,(H,17,18). The fraction of sp³-hybridized carbons (Fsp3) is 0.467. The van der Waals surface area contributed by atoms with E-state index in [0.717, 1.165) is 18.4 Å². The van der Waals surface area contributed by atoms with E-state index in [9.17, 15) is 4.79 Å². The predicted octanol–water partition coefficient (Wildman–Crippen LogP) is 2.80. The highest BCUT2D eigenvalue weighted by Crippen LogP contribution is 2.23. The largest absolute Gasteiger partial charge is 0.351 e. The average molecular weight is 244 g/mol. The van der Waals surface area contributed by atoms with E-state index in [4.69, 9.17) is 5.26 Å². The molecule has 1 aromatic carbocycles. The molecule has 1 aromatic rings. The lowest BCUT2D eigenvalue weighted by atomic mass is 9.84. The Morgan fingerprint density at radius 3 is 2.44 bits per heavy atom. The van der Waals surface area contributed by atoms with Crippen LogP contribution in [0, 0.1) is 11.3 Å². The first-order valence-corrected chi connectivity index (χ1v) is 6.33. The van der Waals surface area contributed by atoms with Crippen LogP contribution in [0.25, 0.3) is 0 Å². The molecule has 3 nitrogen and oxygen atoms in total. The van der Waals surface area contributed by atoms with Crippen molar-refractivity contribution in [1.29, 1.82) is 5.26 Å². The second-order valence-corrected chi connectivity index (χ2v) is 4.61. The van der Waals surface area contributed by atoms with Gasteiger partial charge in [-0.15, -0.1) is 0 Å². The van der Waals surface area contributed by atoms with Crippen LogP contribution >= 0.6 is 0 Å². The van der Waals surface area contributed by atoms with Gasteiger partial charge in [-0.3, -0.25) is 4.79 Å². The summed E-state index contributed by atoms with van der Waals surface area (Å²) in [6, 6.07) is 9.78. The minimum atomic E-state index is -0.251. The third kappa shape index (κ3) is 3.33. The first-order chi connectivity index (χ1) is 8.56. The number of hydrogen-bond acceptors (Lipinski definition) is 2. The van der Waals surface area contributed by atoms with Crippen LogP contribution < -0.4 is 5.32 Å². The number of hydrogen-bond donors (Lipinski definition) is 1. The van der Waals surface area contributed by atoms with Crippen molar-refractivity contribution in [3.8, 4) is 6.07 Å². The van der Waals surface area contributed by atoms with Gasteiger partial charge in [0.2, 0.25) is 5.91 Å². The summed E-state index contributed by atoms with van der Waals surface area (Å²) in [5.41, 5.74) is 1.44. The molecule has 0 aliphatic rings. The van der Waals surface area contributed by atoms with E-state index in [1.54, 1.807) is 0 Å². The fourth-order valence-corrected chi connectivity index (χ4v) is 2.24. The van der Waals surface area contributed by atoms with Crippen LogP contribution in [0.3, 0.4) is 0 Å². The topological polar surface area (TPSA) is 52.9 Å². The average Bonchev–Trinajstić information content (AvgIpc) is 2.38. The Labute approximate surface area is 109 Å². The Morgan fingerprint density at radius 1 is 1.33 bits per heavy atom. The molecule has 18 heavy (non-hydrogen) atoms. The maximum atomic E-state index is 11.3. The molecule has 1 N–H and O–H groups in total. The van der Waals surface area contributed by atoms with E-state index in [1.807, 2.05) is 24.3 Å². The molecule has 0 saturated heterocycles. The van der Waals surface area contributed by atoms with Crippen LogP contribution in [0.4, 0.5) is 0 Å². The van der Waals surface area contributed by atoms with Crippen LogP contribution in [0.2, 0.25) is 0 Å². The Balaban J connectivity index is 3.03. The quantitative estimate of drug-likeness (QED) is 0.866. The Kier molecular flexibility index (Phi) is 4.91. The molecule has 0 radical (unpaired) electrons. The number of nitriles is 1. The molecule has 0 unspecified atom stereocenters. The van der Waals surface area contributed by atoms with Crippen LogP contribution in [0.1, 0.15) is 44.7 Å². The summed E-state index contributed by atoms with van der Waals surface area (Å²) < 4.78 is 0. The van der Waals surface area contributed by atoms with Gasteiger partial charge >= 0.3 is 0 Å². The van der Waals surface area contributed by atoms with E-state index in [2.05, 4.69) is 25.2 Å². The third-order valence-corrected chi connectivity index (χ3v) is 3.46. The number of carbonyl (C=O) groups excluding carboxylic acids is 1. The molecule has 0 bridgehead atoms. The molecular formula is C15H20N2O. The molecular weight excluding hydrogens is 224 g/mol. The summed E-state index contributed by atoms with van der Waals surface area (Å²) in [6.07, 6.45) is 2.40. The molecule has 0 saturated carbocycles. The van der Waals surface area contributed by atoms with Crippen molar-refractivity contribution in [2.24, 2.45) is 0 Å². The molecule has 1 amide bonds. The molecule has 0 atom stereocenters. The molecule has 96 valence electrons. The van der Waals surface area contributed by atoms with Crippen molar-refractivity contribution in [3.63, 3.8) is 0 Å². The molecule has 0 spiro atoms. The molecule has 0 fully saturated rings. The number of nitrogens with zero attached hydrogens (tertiary/aromatic N) is 1. The Morgan fingerprint density at radius 2 is 1.94 bits per heavy atom. The van der Waals surface area contributed by atoms with Gasteiger partial charge in [-0.05, 0) is 30.9 Å². The van der Waals surface area contributed by atoms with Gasteiger partial charge < -0.3 is 5.32 Å². The van der Waals surface area contributed by atoms with Crippen LogP contribution in [-0.2, 0) is 11.2 Å². The predicted molar refractivity (Wildman–Crippen MR) is 72.0 cm³/mol. The van der Waals surface area contributed by atoms with Gasteiger partial charge in [-0.2, -0.15) is 5.26 Å². The number of benzene rings is 1. The summed E-state index contributed by atoms with van der Waals surface area (Å²) >= 11 is 0. The lowest BCUT2D eigenvalue weighted by Crippen LogP contribution is -2.48. The van der Waals surface area contributed by atoms with E-state index >= 15 is 0 Å². The fourth-order valence-electron chi connectivity index (χ4n) is 2.24. The first kappa shape index (κ1) is 14.2. The second kappa shape index (κ2) is 6.20. The van der Waals surface area contributed by atoms with Crippen LogP contribution in [0.15, 0.2) is 24.3 Å². The van der Waals surface area contributed by atoms with Gasteiger partial charge in [0.1, 0.15) is 0 Å². The summed E-state index contributed by atoms with van der Waals surface area (Å²) in [7, 11) is 0. The van der Waals surface area contributed by atoms with Crippen molar-refractivity contribution in [2.45, 2.75) is 45.6 Å². The van der Waals surface area contributed by atoms with E-state index < -0.39 is 0 Å². The number of carbonyl (C=O) groups is 1. The van der Waals surface area contributed by atoms with Gasteiger partial charge in [0, 0.05) is 12.5 Å². The van der Waals surface area contributed by atoms with Gasteiger partial charge in [-0.1, -0.05) is 32.0 Å². The minimum absolute atomic E-state index is 0.0202. The zero-order chi connectivity index (χ0) is 13.6. The monoisotopic (exact) mass is 244 g/mol. The normalized spacial score (nSPS) is 10.8. The highest BCUT2D eigenvalue weighted by molar-refractivity contribution is 5.73. The highest BCUT2D eigenvalue weighted by atomic mass is 16.1. The second-order valence-electron chi connectivity index (χ2n) is 4.61. The van der Waals surface area contributed by atoms with Crippen molar-refractivity contribution in [1.82, 2.24) is 5.32 Å². The zero-order valence-electron chi connectivity index (χ0n) is 11.3. The molecule has 0 aromatic heterocycles. The number of nitrogens with one attached hydrogen (secondary N) is 1. The van der Waals surface area contributed by atoms with Crippen LogP contribution in [-0.4, -0.2) is 11.4 Å². The van der Waals surface area contributed by atoms with Crippen molar-refractivity contribution in [2.75, 3.05) is 0 Å². The van der Waals surface area contributed by atoms with Crippen molar-refractivity contribution < 1.29 is 4.79 Å². The SMILES string of the molecule is CCC(CC)(Cc1ccccc1C#N)NC(C)=O. The van der Waals surface area contributed by atoms with Crippen molar-refractivity contribution in [3.05, 3.63) is 35.4 Å². The van der Waals surface area contributed by atoms with Gasteiger partial charge in [0.15, 0.2) is 0 Å².